The largest absolute Gasteiger partial charge is 0.478 e. The van der Waals surface area contributed by atoms with Gasteiger partial charge in [-0.1, -0.05) is 12.1 Å². The average molecular weight is 288 g/mol. The number of aliphatic hydroxyl groups is 1. The number of benzene rings is 2. The van der Waals surface area contributed by atoms with Crippen molar-refractivity contribution in [3.8, 4) is 11.5 Å². The van der Waals surface area contributed by atoms with E-state index in [0.717, 1.165) is 11.6 Å². The summed E-state index contributed by atoms with van der Waals surface area (Å²) in [4.78, 5) is 10.5. The Kier molecular flexibility index (Phi) is 4.68. The third kappa shape index (κ3) is 4.43. The zero-order chi connectivity index (χ0) is 15.2. The second-order valence-electron chi connectivity index (χ2n) is 4.30. The molecule has 2 rings (SSSR count). The van der Waals surface area contributed by atoms with Gasteiger partial charge in [-0.3, -0.25) is 0 Å². The van der Waals surface area contributed by atoms with Crippen LogP contribution in [0.5, 0.6) is 11.5 Å². The number of hydrogen-bond acceptors (Lipinski definition) is 3. The summed E-state index contributed by atoms with van der Waals surface area (Å²) in [5, 5.41) is 17.5. The monoisotopic (exact) mass is 288 g/mol. The van der Waals surface area contributed by atoms with Crippen molar-refractivity contribution in [2.45, 2.75) is 6.61 Å². The number of carboxylic acid groups (broad SMARTS) is 1. The van der Waals surface area contributed by atoms with Crippen LogP contribution in [0.15, 0.2) is 48.5 Å². The first-order valence-electron chi connectivity index (χ1n) is 6.16. The van der Waals surface area contributed by atoms with Crippen LogP contribution < -0.4 is 4.74 Å². The Hall–Kier alpha value is -2.66. The molecule has 0 radical (unpaired) electrons. The third-order valence-electron chi connectivity index (χ3n) is 2.65. The van der Waals surface area contributed by atoms with Crippen LogP contribution in [0.1, 0.15) is 11.1 Å². The van der Waals surface area contributed by atoms with Gasteiger partial charge >= 0.3 is 5.97 Å². The van der Waals surface area contributed by atoms with Crippen LogP contribution in [0.4, 0.5) is 4.39 Å². The lowest BCUT2D eigenvalue weighted by Crippen LogP contribution is -1.89. The number of aliphatic hydroxyl groups excluding tert-OH is 1. The molecule has 2 N–H and O–H groups in total. The topological polar surface area (TPSA) is 66.8 Å². The van der Waals surface area contributed by atoms with Crippen molar-refractivity contribution in [2.24, 2.45) is 0 Å². The standard InChI is InChI=1S/C16H13FO4/c17-13-7-12(3-6-16(19)20)8-15(9-13)21-14-4-1-11(10-18)2-5-14/h1-9,18H,10H2,(H,19,20)/b6-3+. The van der Waals surface area contributed by atoms with Crippen LogP contribution in [-0.4, -0.2) is 16.2 Å². The fraction of sp³-hybridized carbons (Fsp3) is 0.0625. The van der Waals surface area contributed by atoms with Gasteiger partial charge in [-0.2, -0.15) is 0 Å². The molecule has 0 saturated heterocycles. The molecule has 0 aliphatic carbocycles. The van der Waals surface area contributed by atoms with E-state index in [4.69, 9.17) is 14.9 Å². The van der Waals surface area contributed by atoms with Gasteiger partial charge in [0.1, 0.15) is 17.3 Å². The summed E-state index contributed by atoms with van der Waals surface area (Å²) >= 11 is 0. The molecule has 2 aromatic carbocycles. The van der Waals surface area contributed by atoms with Gasteiger partial charge in [0.05, 0.1) is 6.61 Å². The summed E-state index contributed by atoms with van der Waals surface area (Å²) < 4.78 is 19.0. The van der Waals surface area contributed by atoms with Crippen molar-refractivity contribution in [1.82, 2.24) is 0 Å². The van der Waals surface area contributed by atoms with E-state index < -0.39 is 11.8 Å². The summed E-state index contributed by atoms with van der Waals surface area (Å²) in [7, 11) is 0. The third-order valence-corrected chi connectivity index (χ3v) is 2.65. The fourth-order valence-corrected chi connectivity index (χ4v) is 1.71. The molecule has 0 aliphatic rings. The van der Waals surface area contributed by atoms with Gasteiger partial charge in [-0.05, 0) is 41.5 Å². The Labute approximate surface area is 120 Å². The summed E-state index contributed by atoms with van der Waals surface area (Å²) in [5.41, 5.74) is 1.13. The Morgan fingerprint density at radius 1 is 1.14 bits per heavy atom. The lowest BCUT2D eigenvalue weighted by atomic mass is 10.2. The molecule has 0 unspecified atom stereocenters. The van der Waals surface area contributed by atoms with Crippen LogP contribution >= 0.6 is 0 Å². The second-order valence-corrected chi connectivity index (χ2v) is 4.30. The molecule has 0 aromatic heterocycles. The molecule has 0 amide bonds. The summed E-state index contributed by atoms with van der Waals surface area (Å²) in [6, 6.07) is 10.6. The maximum atomic E-state index is 13.5. The van der Waals surface area contributed by atoms with Crippen LogP contribution in [0.25, 0.3) is 6.08 Å². The zero-order valence-corrected chi connectivity index (χ0v) is 11.0. The summed E-state index contributed by atoms with van der Waals surface area (Å²) in [6.45, 7) is -0.0651. The molecule has 0 heterocycles. The van der Waals surface area contributed by atoms with E-state index in [0.29, 0.717) is 11.3 Å². The molecular formula is C16H13FO4. The van der Waals surface area contributed by atoms with Gasteiger partial charge < -0.3 is 14.9 Å². The van der Waals surface area contributed by atoms with Crippen molar-refractivity contribution >= 4 is 12.0 Å². The summed E-state index contributed by atoms with van der Waals surface area (Å²) in [5.74, 6) is -0.881. The molecule has 4 nitrogen and oxygen atoms in total. The van der Waals surface area contributed by atoms with Crippen molar-refractivity contribution in [2.75, 3.05) is 0 Å². The zero-order valence-electron chi connectivity index (χ0n) is 11.0. The first-order valence-corrected chi connectivity index (χ1v) is 6.16. The molecule has 5 heteroatoms. The minimum absolute atomic E-state index is 0.0651. The van der Waals surface area contributed by atoms with E-state index in [1.807, 2.05) is 0 Å². The molecule has 21 heavy (non-hydrogen) atoms. The molecular weight excluding hydrogens is 275 g/mol. The highest BCUT2D eigenvalue weighted by atomic mass is 19.1. The Bertz CT molecular complexity index is 662. The predicted octanol–water partition coefficient (Wildman–Crippen LogP) is 3.21. The van der Waals surface area contributed by atoms with Gasteiger partial charge in [0, 0.05) is 12.1 Å². The SMILES string of the molecule is O=C(O)/C=C/c1cc(F)cc(Oc2ccc(CO)cc2)c1. The minimum Gasteiger partial charge on any atom is -0.478 e. The highest BCUT2D eigenvalue weighted by Crippen LogP contribution is 2.24. The lowest BCUT2D eigenvalue weighted by Gasteiger charge is -2.07. The molecule has 0 saturated carbocycles. The molecule has 108 valence electrons. The quantitative estimate of drug-likeness (QED) is 0.829. The van der Waals surface area contributed by atoms with Crippen LogP contribution in [-0.2, 0) is 11.4 Å². The van der Waals surface area contributed by atoms with Gasteiger partial charge in [0.2, 0.25) is 0 Å². The highest BCUT2D eigenvalue weighted by Gasteiger charge is 2.03. The highest BCUT2D eigenvalue weighted by molar-refractivity contribution is 5.85. The van der Waals surface area contributed by atoms with Gasteiger partial charge in [0.25, 0.3) is 0 Å². The lowest BCUT2D eigenvalue weighted by molar-refractivity contribution is -0.131. The first kappa shape index (κ1) is 14.7. The number of carboxylic acids is 1. The smallest absolute Gasteiger partial charge is 0.328 e. The van der Waals surface area contributed by atoms with E-state index in [1.165, 1.54) is 24.3 Å². The Morgan fingerprint density at radius 2 is 1.86 bits per heavy atom. The van der Waals surface area contributed by atoms with Gasteiger partial charge in [-0.15, -0.1) is 0 Å². The Morgan fingerprint density at radius 3 is 2.48 bits per heavy atom. The number of halogens is 1. The Balaban J connectivity index is 2.20. The molecule has 0 fully saturated rings. The normalized spacial score (nSPS) is 10.8. The predicted molar refractivity (Wildman–Crippen MR) is 75.5 cm³/mol. The van der Waals surface area contributed by atoms with E-state index in [1.54, 1.807) is 24.3 Å². The number of rotatable bonds is 5. The first-order chi connectivity index (χ1) is 10.1. The van der Waals surface area contributed by atoms with Crippen molar-refractivity contribution < 1.29 is 24.1 Å². The molecule has 2 aromatic rings. The average Bonchev–Trinajstić information content (AvgIpc) is 2.45. The number of hydrogen-bond donors (Lipinski definition) is 2. The maximum Gasteiger partial charge on any atom is 0.328 e. The number of ether oxygens (including phenoxy) is 1. The summed E-state index contributed by atoms with van der Waals surface area (Å²) in [6.07, 6.45) is 2.21. The maximum absolute atomic E-state index is 13.5. The van der Waals surface area contributed by atoms with Gasteiger partial charge in [0.15, 0.2) is 0 Å². The number of carbonyl (C=O) groups is 1. The number of aliphatic carboxylic acids is 1. The van der Waals surface area contributed by atoms with Crippen LogP contribution in [0.3, 0.4) is 0 Å². The van der Waals surface area contributed by atoms with Crippen LogP contribution in [0, 0.1) is 5.82 Å². The van der Waals surface area contributed by atoms with E-state index in [2.05, 4.69) is 0 Å². The van der Waals surface area contributed by atoms with Crippen molar-refractivity contribution in [1.29, 1.82) is 0 Å². The van der Waals surface area contributed by atoms with E-state index in [-0.39, 0.29) is 12.4 Å². The fourth-order valence-electron chi connectivity index (χ4n) is 1.71. The van der Waals surface area contributed by atoms with E-state index >= 15 is 0 Å². The van der Waals surface area contributed by atoms with Gasteiger partial charge in [-0.25, -0.2) is 9.18 Å². The van der Waals surface area contributed by atoms with Crippen molar-refractivity contribution in [3.63, 3.8) is 0 Å². The van der Waals surface area contributed by atoms with E-state index in [9.17, 15) is 9.18 Å². The second kappa shape index (κ2) is 6.67. The minimum atomic E-state index is -1.11. The molecule has 0 atom stereocenters. The molecule has 0 spiro atoms. The van der Waals surface area contributed by atoms with Crippen molar-refractivity contribution in [3.05, 3.63) is 65.5 Å². The van der Waals surface area contributed by atoms with Crippen LogP contribution in [0.2, 0.25) is 0 Å². The molecule has 0 aliphatic heterocycles. The molecule has 0 bridgehead atoms.